The van der Waals surface area contributed by atoms with Gasteiger partial charge < -0.3 is 14.6 Å². The van der Waals surface area contributed by atoms with Crippen LogP contribution in [0.1, 0.15) is 19.3 Å². The number of carbonyl (C=O) groups is 1. The second-order valence-electron chi connectivity index (χ2n) is 4.31. The maximum Gasteiger partial charge on any atom is 0.331 e. The molecule has 0 spiro atoms. The van der Waals surface area contributed by atoms with Gasteiger partial charge in [0.1, 0.15) is 11.5 Å². The monoisotopic (exact) mass is 260 g/mol. The summed E-state index contributed by atoms with van der Waals surface area (Å²) in [6, 6.07) is 0. The molecule has 0 amide bonds. The predicted molar refractivity (Wildman–Crippen MR) is 71.0 cm³/mol. The molecule has 0 aromatic rings. The van der Waals surface area contributed by atoms with E-state index >= 15 is 0 Å². The van der Waals surface area contributed by atoms with Gasteiger partial charge in [-0.25, -0.2) is 4.79 Å². The first kappa shape index (κ1) is 13.2. The van der Waals surface area contributed by atoms with Crippen LogP contribution in [0.15, 0.2) is 60.1 Å². The number of carboxylic acid groups (broad SMARTS) is 1. The number of carboxylic acids is 1. The quantitative estimate of drug-likeness (QED) is 0.564. The molecular formula is C15H16O4. The summed E-state index contributed by atoms with van der Waals surface area (Å²) >= 11 is 0. The lowest BCUT2D eigenvalue weighted by atomic mass is 10.2. The van der Waals surface area contributed by atoms with Gasteiger partial charge in [0, 0.05) is 18.4 Å². The molecule has 0 fully saturated rings. The lowest BCUT2D eigenvalue weighted by Crippen LogP contribution is -2.19. The van der Waals surface area contributed by atoms with Crippen LogP contribution >= 0.6 is 0 Å². The van der Waals surface area contributed by atoms with Crippen molar-refractivity contribution in [2.45, 2.75) is 25.6 Å². The van der Waals surface area contributed by atoms with Crippen molar-refractivity contribution < 1.29 is 19.4 Å². The Kier molecular flexibility index (Phi) is 4.23. The van der Waals surface area contributed by atoms with E-state index in [1.54, 1.807) is 0 Å². The highest BCUT2D eigenvalue weighted by molar-refractivity contribution is 5.85. The van der Waals surface area contributed by atoms with Crippen LogP contribution in [0.3, 0.4) is 0 Å². The fourth-order valence-electron chi connectivity index (χ4n) is 1.76. The Morgan fingerprint density at radius 1 is 1.21 bits per heavy atom. The number of rotatable bonds is 7. The zero-order valence-corrected chi connectivity index (χ0v) is 10.5. The maximum absolute atomic E-state index is 10.8. The summed E-state index contributed by atoms with van der Waals surface area (Å²) in [5, 5.41) is 8.89. The molecule has 0 saturated carbocycles. The van der Waals surface area contributed by atoms with Crippen molar-refractivity contribution in [1.82, 2.24) is 0 Å². The summed E-state index contributed by atoms with van der Waals surface area (Å²) in [4.78, 5) is 10.8. The summed E-state index contributed by atoms with van der Waals surface area (Å²) in [7, 11) is 0. The first-order chi connectivity index (χ1) is 9.15. The second kappa shape index (κ2) is 6.09. The third kappa shape index (κ3) is 3.88. The molecule has 19 heavy (non-hydrogen) atoms. The highest BCUT2D eigenvalue weighted by atomic mass is 16.7. The zero-order chi connectivity index (χ0) is 13.7. The third-order valence-corrected chi connectivity index (χ3v) is 2.76. The second-order valence-corrected chi connectivity index (χ2v) is 4.31. The predicted octanol–water partition coefficient (Wildman–Crippen LogP) is 3.06. The Morgan fingerprint density at radius 2 is 1.74 bits per heavy atom. The Hall–Kier alpha value is -2.23. The molecule has 0 radical (unpaired) electrons. The van der Waals surface area contributed by atoms with Crippen molar-refractivity contribution >= 4 is 5.97 Å². The fraction of sp³-hybridized carbons (Fsp3) is 0.267. The van der Waals surface area contributed by atoms with Gasteiger partial charge in [-0.1, -0.05) is 30.9 Å². The highest BCUT2D eigenvalue weighted by Crippen LogP contribution is 2.23. The minimum Gasteiger partial charge on any atom is -0.478 e. The molecule has 1 N–H and O–H groups in total. The zero-order valence-electron chi connectivity index (χ0n) is 10.5. The van der Waals surface area contributed by atoms with E-state index in [0.29, 0.717) is 12.8 Å². The SMILES string of the molecule is C=C(CC(OC1=CC=CC1)OC1=CC=CC1)C(=O)O. The van der Waals surface area contributed by atoms with Gasteiger partial charge in [0.15, 0.2) is 0 Å². The molecule has 0 aromatic carbocycles. The summed E-state index contributed by atoms with van der Waals surface area (Å²) in [5.41, 5.74) is 0.0723. The van der Waals surface area contributed by atoms with Crippen LogP contribution in [-0.2, 0) is 14.3 Å². The summed E-state index contributed by atoms with van der Waals surface area (Å²) < 4.78 is 11.4. The lowest BCUT2D eigenvalue weighted by molar-refractivity contribution is -0.135. The van der Waals surface area contributed by atoms with E-state index < -0.39 is 12.3 Å². The van der Waals surface area contributed by atoms with E-state index in [9.17, 15) is 4.79 Å². The van der Waals surface area contributed by atoms with Crippen molar-refractivity contribution in [3.8, 4) is 0 Å². The normalized spacial score (nSPS) is 16.5. The van der Waals surface area contributed by atoms with Crippen LogP contribution in [0.25, 0.3) is 0 Å². The van der Waals surface area contributed by atoms with Crippen molar-refractivity contribution in [3.05, 3.63) is 60.1 Å². The smallest absolute Gasteiger partial charge is 0.331 e. The van der Waals surface area contributed by atoms with Crippen molar-refractivity contribution in [3.63, 3.8) is 0 Å². The standard InChI is InChI=1S/C15H16O4/c1-11(15(16)17)10-14(18-12-6-2-3-7-12)19-13-8-4-5-9-13/h2-6,8,14H,1,7,9-10H2,(H,16,17). The molecular weight excluding hydrogens is 244 g/mol. The molecule has 0 unspecified atom stereocenters. The molecule has 2 aliphatic rings. The minimum absolute atomic E-state index is 0.0723. The Labute approximate surface area is 112 Å². The van der Waals surface area contributed by atoms with Crippen LogP contribution in [0, 0.1) is 0 Å². The molecule has 100 valence electrons. The molecule has 0 atom stereocenters. The van der Waals surface area contributed by atoms with Crippen LogP contribution in [0.2, 0.25) is 0 Å². The number of hydrogen-bond acceptors (Lipinski definition) is 3. The molecule has 4 heteroatoms. The third-order valence-electron chi connectivity index (χ3n) is 2.76. The number of ether oxygens (including phenoxy) is 2. The molecule has 0 aromatic heterocycles. The molecule has 2 rings (SSSR count). The molecule has 4 nitrogen and oxygen atoms in total. The van der Waals surface area contributed by atoms with Gasteiger partial charge in [-0.15, -0.1) is 0 Å². The average molecular weight is 260 g/mol. The van der Waals surface area contributed by atoms with Crippen LogP contribution < -0.4 is 0 Å². The number of allylic oxidation sites excluding steroid dienone is 6. The van der Waals surface area contributed by atoms with Crippen molar-refractivity contribution in [1.29, 1.82) is 0 Å². The van der Waals surface area contributed by atoms with E-state index in [0.717, 1.165) is 11.5 Å². The molecule has 0 saturated heterocycles. The summed E-state index contributed by atoms with van der Waals surface area (Å²) in [6.07, 6.45) is 12.3. The van der Waals surface area contributed by atoms with Crippen LogP contribution in [0.5, 0.6) is 0 Å². The minimum atomic E-state index is -1.03. The Bertz CT molecular complexity index is 457. The highest BCUT2D eigenvalue weighted by Gasteiger charge is 2.20. The molecule has 0 heterocycles. The molecule has 2 aliphatic carbocycles. The van der Waals surface area contributed by atoms with E-state index in [1.807, 2.05) is 36.5 Å². The van der Waals surface area contributed by atoms with Gasteiger partial charge in [0.2, 0.25) is 6.29 Å². The molecule has 0 aliphatic heterocycles. The van der Waals surface area contributed by atoms with Crippen molar-refractivity contribution in [2.24, 2.45) is 0 Å². The van der Waals surface area contributed by atoms with E-state index in [2.05, 4.69) is 6.58 Å². The topological polar surface area (TPSA) is 55.8 Å². The average Bonchev–Trinajstić information content (AvgIpc) is 3.01. The largest absolute Gasteiger partial charge is 0.478 e. The summed E-state index contributed by atoms with van der Waals surface area (Å²) in [6.45, 7) is 3.51. The lowest BCUT2D eigenvalue weighted by Gasteiger charge is -2.21. The first-order valence-corrected chi connectivity index (χ1v) is 6.11. The van der Waals surface area contributed by atoms with Gasteiger partial charge in [0.25, 0.3) is 0 Å². The number of hydrogen-bond donors (Lipinski definition) is 1. The Balaban J connectivity index is 1.95. The Morgan fingerprint density at radius 3 is 2.11 bits per heavy atom. The molecule has 0 bridgehead atoms. The van der Waals surface area contributed by atoms with Crippen molar-refractivity contribution in [2.75, 3.05) is 0 Å². The van der Waals surface area contributed by atoms with Gasteiger partial charge in [-0.05, 0) is 12.2 Å². The maximum atomic E-state index is 10.8. The summed E-state index contributed by atoms with van der Waals surface area (Å²) in [5.74, 6) is 0.513. The number of aliphatic carboxylic acids is 1. The fourth-order valence-corrected chi connectivity index (χ4v) is 1.76. The first-order valence-electron chi connectivity index (χ1n) is 6.11. The van der Waals surface area contributed by atoms with Crippen LogP contribution in [-0.4, -0.2) is 17.4 Å². The van der Waals surface area contributed by atoms with Gasteiger partial charge in [-0.2, -0.15) is 0 Å². The van der Waals surface area contributed by atoms with Gasteiger partial charge >= 0.3 is 5.97 Å². The van der Waals surface area contributed by atoms with E-state index in [1.165, 1.54) is 0 Å². The van der Waals surface area contributed by atoms with Gasteiger partial charge in [-0.3, -0.25) is 0 Å². The van der Waals surface area contributed by atoms with E-state index in [-0.39, 0.29) is 12.0 Å². The van der Waals surface area contributed by atoms with Crippen LogP contribution in [0.4, 0.5) is 0 Å². The van der Waals surface area contributed by atoms with Gasteiger partial charge in [0.05, 0.1) is 6.42 Å². The van der Waals surface area contributed by atoms with E-state index in [4.69, 9.17) is 14.6 Å².